The monoisotopic (exact) mass is 254 g/mol. The molecule has 4 heteroatoms. The molecule has 0 spiro atoms. The first-order valence-corrected chi connectivity index (χ1v) is 6.67. The summed E-state index contributed by atoms with van der Waals surface area (Å²) in [7, 11) is 1.59. The maximum absolute atomic E-state index is 11.0. The lowest BCUT2D eigenvalue weighted by molar-refractivity contribution is -0.119. The lowest BCUT2D eigenvalue weighted by atomic mass is 10.2. The zero-order valence-electron chi connectivity index (χ0n) is 10.4. The number of benzene rings is 1. The number of Topliss-reactive ketones (excluding diaryl/α,β-unsaturated/α-hetero) is 1. The van der Waals surface area contributed by atoms with E-state index in [4.69, 9.17) is 9.47 Å². The van der Waals surface area contributed by atoms with Crippen molar-refractivity contribution >= 4 is 17.5 Å². The van der Waals surface area contributed by atoms with E-state index in [0.29, 0.717) is 13.0 Å². The summed E-state index contributed by atoms with van der Waals surface area (Å²) < 4.78 is 10.8. The molecule has 0 aromatic heterocycles. The Morgan fingerprint density at radius 2 is 2.00 bits per heavy atom. The van der Waals surface area contributed by atoms with Gasteiger partial charge in [-0.3, -0.25) is 4.79 Å². The van der Waals surface area contributed by atoms with E-state index in [1.54, 1.807) is 25.8 Å². The van der Waals surface area contributed by atoms with Crippen molar-refractivity contribution in [2.24, 2.45) is 0 Å². The fraction of sp³-hybridized carbons (Fsp3) is 0.462. The molecule has 0 aliphatic carbocycles. The number of hydrogen-bond donors (Lipinski definition) is 0. The van der Waals surface area contributed by atoms with Gasteiger partial charge in [0.1, 0.15) is 18.1 Å². The Bertz CT molecular complexity index is 348. The highest BCUT2D eigenvalue weighted by molar-refractivity contribution is 7.98. The molecule has 17 heavy (non-hydrogen) atoms. The number of ether oxygens (including phenoxy) is 2. The van der Waals surface area contributed by atoms with Crippen molar-refractivity contribution in [2.45, 2.75) is 24.3 Å². The molecule has 0 saturated carbocycles. The van der Waals surface area contributed by atoms with Gasteiger partial charge in [-0.1, -0.05) is 0 Å². The summed E-state index contributed by atoms with van der Waals surface area (Å²) in [6.45, 7) is 1.95. The number of rotatable bonds is 7. The highest BCUT2D eigenvalue weighted by Gasteiger charge is 2.10. The molecule has 1 atom stereocenters. The zero-order chi connectivity index (χ0) is 12.7. The molecule has 3 nitrogen and oxygen atoms in total. The van der Waals surface area contributed by atoms with Crippen molar-refractivity contribution in [1.29, 1.82) is 0 Å². The lowest BCUT2D eigenvalue weighted by Crippen LogP contribution is -2.22. The number of methoxy groups -OCH3 is 1. The minimum absolute atomic E-state index is 0.109. The van der Waals surface area contributed by atoms with Crippen LogP contribution >= 0.6 is 11.8 Å². The second-order valence-electron chi connectivity index (χ2n) is 3.75. The van der Waals surface area contributed by atoms with Crippen LogP contribution in [-0.4, -0.2) is 31.9 Å². The first-order valence-electron chi connectivity index (χ1n) is 5.44. The molecular weight excluding hydrogens is 236 g/mol. The molecule has 0 heterocycles. The van der Waals surface area contributed by atoms with Gasteiger partial charge >= 0.3 is 0 Å². The van der Waals surface area contributed by atoms with Gasteiger partial charge in [0.2, 0.25) is 0 Å². The summed E-state index contributed by atoms with van der Waals surface area (Å²) in [6, 6.07) is 7.86. The highest BCUT2D eigenvalue weighted by atomic mass is 32.2. The van der Waals surface area contributed by atoms with E-state index in [1.807, 2.05) is 30.5 Å². The normalized spacial score (nSPS) is 12.2. The Balaban J connectivity index is 2.44. The van der Waals surface area contributed by atoms with Crippen LogP contribution in [0, 0.1) is 0 Å². The summed E-state index contributed by atoms with van der Waals surface area (Å²) in [4.78, 5) is 12.2. The van der Waals surface area contributed by atoms with Crippen molar-refractivity contribution in [1.82, 2.24) is 0 Å². The van der Waals surface area contributed by atoms with E-state index in [9.17, 15) is 4.79 Å². The van der Waals surface area contributed by atoms with Gasteiger partial charge in [0.25, 0.3) is 0 Å². The molecule has 1 aromatic carbocycles. The Morgan fingerprint density at radius 1 is 1.35 bits per heavy atom. The molecule has 0 aliphatic heterocycles. The molecule has 0 saturated heterocycles. The third-order valence-corrected chi connectivity index (χ3v) is 3.09. The van der Waals surface area contributed by atoms with Gasteiger partial charge < -0.3 is 9.47 Å². The quantitative estimate of drug-likeness (QED) is 0.701. The molecule has 1 rings (SSSR count). The van der Waals surface area contributed by atoms with Gasteiger partial charge in [0.05, 0.1) is 6.10 Å². The Labute approximate surface area is 106 Å². The third-order valence-electron chi connectivity index (χ3n) is 2.34. The van der Waals surface area contributed by atoms with E-state index >= 15 is 0 Å². The molecular formula is C13H18O3S. The zero-order valence-corrected chi connectivity index (χ0v) is 11.3. The van der Waals surface area contributed by atoms with Gasteiger partial charge in [0.15, 0.2) is 0 Å². The van der Waals surface area contributed by atoms with Gasteiger partial charge in [-0.25, -0.2) is 0 Å². The highest BCUT2D eigenvalue weighted by Crippen LogP contribution is 2.19. The van der Waals surface area contributed by atoms with E-state index in [1.165, 1.54) is 4.90 Å². The minimum atomic E-state index is -0.173. The van der Waals surface area contributed by atoms with Gasteiger partial charge in [-0.15, -0.1) is 11.8 Å². The van der Waals surface area contributed by atoms with Crippen molar-refractivity contribution in [3.05, 3.63) is 24.3 Å². The van der Waals surface area contributed by atoms with Crippen LogP contribution in [0.3, 0.4) is 0 Å². The summed E-state index contributed by atoms with van der Waals surface area (Å²) in [5, 5.41) is 0. The van der Waals surface area contributed by atoms with Crippen LogP contribution in [0.5, 0.6) is 5.75 Å². The average molecular weight is 254 g/mol. The Hall–Kier alpha value is -1.00. The molecule has 0 bridgehead atoms. The SMILES string of the molecule is COC(COc1ccc(SC)cc1)CC(C)=O. The largest absolute Gasteiger partial charge is 0.491 e. The van der Waals surface area contributed by atoms with Crippen LogP contribution in [-0.2, 0) is 9.53 Å². The molecule has 0 radical (unpaired) electrons. The van der Waals surface area contributed by atoms with Gasteiger partial charge in [-0.05, 0) is 37.4 Å². The fourth-order valence-corrected chi connectivity index (χ4v) is 1.80. The Kier molecular flexibility index (Phi) is 6.08. The first kappa shape index (κ1) is 14.1. The van der Waals surface area contributed by atoms with Crippen LogP contribution in [0.2, 0.25) is 0 Å². The lowest BCUT2D eigenvalue weighted by Gasteiger charge is -2.14. The molecule has 1 aromatic rings. The minimum Gasteiger partial charge on any atom is -0.491 e. The topological polar surface area (TPSA) is 35.5 Å². The third kappa shape index (κ3) is 5.24. The number of hydrogen-bond acceptors (Lipinski definition) is 4. The van der Waals surface area contributed by atoms with E-state index < -0.39 is 0 Å². The smallest absolute Gasteiger partial charge is 0.132 e. The van der Waals surface area contributed by atoms with Crippen LogP contribution in [0.15, 0.2) is 29.2 Å². The van der Waals surface area contributed by atoms with Crippen LogP contribution < -0.4 is 4.74 Å². The van der Waals surface area contributed by atoms with Crippen LogP contribution in [0.25, 0.3) is 0 Å². The average Bonchev–Trinajstić information content (AvgIpc) is 2.34. The number of thioether (sulfide) groups is 1. The maximum Gasteiger partial charge on any atom is 0.132 e. The van der Waals surface area contributed by atoms with Crippen molar-refractivity contribution in [3.63, 3.8) is 0 Å². The van der Waals surface area contributed by atoms with Crippen LogP contribution in [0.1, 0.15) is 13.3 Å². The van der Waals surface area contributed by atoms with Crippen LogP contribution in [0.4, 0.5) is 0 Å². The summed E-state index contributed by atoms with van der Waals surface area (Å²) in [5.74, 6) is 0.909. The van der Waals surface area contributed by atoms with E-state index in [2.05, 4.69) is 0 Å². The Morgan fingerprint density at radius 3 is 2.47 bits per heavy atom. The molecule has 1 unspecified atom stereocenters. The second-order valence-corrected chi connectivity index (χ2v) is 4.63. The summed E-state index contributed by atoms with van der Waals surface area (Å²) in [6.07, 6.45) is 2.25. The molecule has 0 N–H and O–H groups in total. The molecule has 0 fully saturated rings. The predicted molar refractivity (Wildman–Crippen MR) is 69.8 cm³/mol. The number of carbonyl (C=O) groups excluding carboxylic acids is 1. The van der Waals surface area contributed by atoms with Gasteiger partial charge in [-0.2, -0.15) is 0 Å². The second kappa shape index (κ2) is 7.35. The fourth-order valence-electron chi connectivity index (χ4n) is 1.39. The van der Waals surface area contributed by atoms with E-state index in [-0.39, 0.29) is 11.9 Å². The number of carbonyl (C=O) groups is 1. The predicted octanol–water partition coefficient (Wildman–Crippen LogP) is 2.78. The summed E-state index contributed by atoms with van der Waals surface area (Å²) >= 11 is 1.69. The molecule has 0 amide bonds. The number of ketones is 1. The van der Waals surface area contributed by atoms with Crippen molar-refractivity contribution < 1.29 is 14.3 Å². The summed E-state index contributed by atoms with van der Waals surface area (Å²) in [5.41, 5.74) is 0. The molecule has 0 aliphatic rings. The van der Waals surface area contributed by atoms with Crippen molar-refractivity contribution in [2.75, 3.05) is 20.0 Å². The van der Waals surface area contributed by atoms with Gasteiger partial charge in [0, 0.05) is 18.4 Å². The first-order chi connectivity index (χ1) is 8.15. The van der Waals surface area contributed by atoms with Crippen molar-refractivity contribution in [3.8, 4) is 5.75 Å². The standard InChI is InChI=1S/C13H18O3S/c1-10(14)8-12(15-2)9-16-11-4-6-13(17-3)7-5-11/h4-7,12H,8-9H2,1-3H3. The van der Waals surface area contributed by atoms with E-state index in [0.717, 1.165) is 5.75 Å². The molecule has 94 valence electrons. The maximum atomic E-state index is 11.0.